The van der Waals surface area contributed by atoms with Gasteiger partial charge in [0, 0.05) is 0 Å². The first-order chi connectivity index (χ1) is 12.2. The average Bonchev–Trinajstić information content (AvgIpc) is 3.14. The molecular formula is C16H14F3N3O2S2. The predicted octanol–water partition coefficient (Wildman–Crippen LogP) is 4.82. The van der Waals surface area contributed by atoms with Gasteiger partial charge in [-0.05, 0) is 31.5 Å². The number of halogens is 3. The molecule has 0 saturated heterocycles. The van der Waals surface area contributed by atoms with Crippen LogP contribution in [-0.2, 0) is 6.42 Å². The van der Waals surface area contributed by atoms with E-state index < -0.39 is 12.8 Å². The van der Waals surface area contributed by atoms with Gasteiger partial charge in [-0.1, -0.05) is 18.3 Å². The number of aromatic nitrogens is 2. The third-order valence-corrected chi connectivity index (χ3v) is 5.57. The van der Waals surface area contributed by atoms with Crippen LogP contribution in [0.5, 0.6) is 5.75 Å². The quantitative estimate of drug-likeness (QED) is 0.666. The highest BCUT2D eigenvalue weighted by Gasteiger charge is 2.28. The van der Waals surface area contributed by atoms with Gasteiger partial charge in [0.05, 0.1) is 20.9 Å². The fourth-order valence-corrected chi connectivity index (χ4v) is 3.97. The van der Waals surface area contributed by atoms with Crippen LogP contribution in [0.4, 0.5) is 18.3 Å². The lowest BCUT2D eigenvalue weighted by Gasteiger charge is -2.08. The zero-order chi connectivity index (χ0) is 18.9. The summed E-state index contributed by atoms with van der Waals surface area (Å²) in [6, 6.07) is 4.45. The third-order valence-electron chi connectivity index (χ3n) is 3.33. The summed E-state index contributed by atoms with van der Waals surface area (Å²) in [6.07, 6.45) is -3.65. The van der Waals surface area contributed by atoms with Crippen molar-refractivity contribution in [2.45, 2.75) is 26.4 Å². The smallest absolute Gasteiger partial charge is 0.422 e. The van der Waals surface area contributed by atoms with E-state index in [-0.39, 0.29) is 11.7 Å². The van der Waals surface area contributed by atoms with Crippen LogP contribution in [-0.4, -0.2) is 28.7 Å². The van der Waals surface area contributed by atoms with Gasteiger partial charge < -0.3 is 4.74 Å². The summed E-state index contributed by atoms with van der Waals surface area (Å²) >= 11 is 2.50. The molecule has 0 atom stereocenters. The maximum atomic E-state index is 12.4. The Bertz CT molecular complexity index is 950. The number of carbonyl (C=O) groups is 1. The molecule has 5 nitrogen and oxygen atoms in total. The Morgan fingerprint density at radius 2 is 2.04 bits per heavy atom. The molecule has 0 radical (unpaired) electrons. The van der Waals surface area contributed by atoms with Crippen LogP contribution >= 0.6 is 22.7 Å². The molecule has 10 heteroatoms. The van der Waals surface area contributed by atoms with E-state index in [2.05, 4.69) is 15.3 Å². The van der Waals surface area contributed by atoms with Crippen LogP contribution in [0.15, 0.2) is 18.2 Å². The molecule has 1 amide bonds. The molecule has 0 aliphatic heterocycles. The Labute approximate surface area is 154 Å². The number of rotatable bonds is 5. The Morgan fingerprint density at radius 3 is 2.69 bits per heavy atom. The number of hydrogen-bond acceptors (Lipinski definition) is 6. The normalized spacial score (nSPS) is 11.7. The predicted molar refractivity (Wildman–Crippen MR) is 95.4 cm³/mol. The minimum absolute atomic E-state index is 0.0993. The molecule has 0 bridgehead atoms. The molecule has 2 aromatic heterocycles. The lowest BCUT2D eigenvalue weighted by atomic mass is 10.3. The SMILES string of the molecule is CCc1nc(C)c(C(=O)Nc2nc3ccc(OCC(F)(F)F)cc3s2)s1. The zero-order valence-corrected chi connectivity index (χ0v) is 15.4. The highest BCUT2D eigenvalue weighted by Crippen LogP contribution is 2.31. The number of ether oxygens (including phenoxy) is 1. The van der Waals surface area contributed by atoms with E-state index in [4.69, 9.17) is 4.74 Å². The minimum atomic E-state index is -4.40. The molecular weight excluding hydrogens is 387 g/mol. The van der Waals surface area contributed by atoms with Gasteiger partial charge in [0.15, 0.2) is 11.7 Å². The van der Waals surface area contributed by atoms with E-state index in [0.717, 1.165) is 11.4 Å². The molecule has 0 aliphatic carbocycles. The number of amides is 1. The summed E-state index contributed by atoms with van der Waals surface area (Å²) in [5, 5.41) is 3.96. The van der Waals surface area contributed by atoms with Crippen LogP contribution < -0.4 is 10.1 Å². The fraction of sp³-hybridized carbons (Fsp3) is 0.312. The highest BCUT2D eigenvalue weighted by atomic mass is 32.1. The van der Waals surface area contributed by atoms with E-state index in [0.29, 0.717) is 25.9 Å². The Hall–Kier alpha value is -2.20. The molecule has 1 aromatic carbocycles. The molecule has 26 heavy (non-hydrogen) atoms. The van der Waals surface area contributed by atoms with Gasteiger partial charge in [-0.25, -0.2) is 9.97 Å². The van der Waals surface area contributed by atoms with Crippen molar-refractivity contribution in [2.75, 3.05) is 11.9 Å². The number of carbonyl (C=O) groups excluding carboxylic acids is 1. The molecule has 0 aliphatic rings. The summed E-state index contributed by atoms with van der Waals surface area (Å²) in [6.45, 7) is 2.38. The largest absolute Gasteiger partial charge is 0.484 e. The summed E-state index contributed by atoms with van der Waals surface area (Å²) in [4.78, 5) is 21.5. The van der Waals surface area contributed by atoms with Gasteiger partial charge in [-0.2, -0.15) is 13.2 Å². The van der Waals surface area contributed by atoms with Crippen molar-refractivity contribution in [3.8, 4) is 5.75 Å². The van der Waals surface area contributed by atoms with Crippen molar-refractivity contribution in [3.05, 3.63) is 33.8 Å². The molecule has 0 spiro atoms. The van der Waals surface area contributed by atoms with Gasteiger partial charge in [-0.15, -0.1) is 11.3 Å². The monoisotopic (exact) mass is 401 g/mol. The van der Waals surface area contributed by atoms with Crippen molar-refractivity contribution in [3.63, 3.8) is 0 Å². The standard InChI is InChI=1S/C16H14F3N3O2S2/c1-3-12-20-8(2)13(26-12)14(23)22-15-21-10-5-4-9(6-11(10)25-15)24-7-16(17,18)19/h4-6H,3,7H2,1-2H3,(H,21,22,23). The molecule has 3 rings (SSSR count). The van der Waals surface area contributed by atoms with Crippen LogP contribution in [0.2, 0.25) is 0 Å². The maximum Gasteiger partial charge on any atom is 0.422 e. The van der Waals surface area contributed by atoms with Crippen LogP contribution in [0, 0.1) is 6.92 Å². The number of anilines is 1. The number of aryl methyl sites for hydroxylation is 2. The molecule has 138 valence electrons. The first kappa shape index (κ1) is 18.6. The second kappa shape index (κ2) is 7.20. The number of thiazole rings is 2. The van der Waals surface area contributed by atoms with Crippen LogP contribution in [0.25, 0.3) is 10.2 Å². The van der Waals surface area contributed by atoms with Gasteiger partial charge in [-0.3, -0.25) is 10.1 Å². The number of alkyl halides is 3. The summed E-state index contributed by atoms with van der Waals surface area (Å²) in [7, 11) is 0. The van der Waals surface area contributed by atoms with Gasteiger partial charge >= 0.3 is 6.18 Å². The number of nitrogens with one attached hydrogen (secondary N) is 1. The summed E-state index contributed by atoms with van der Waals surface area (Å²) in [5.74, 6) is -0.199. The molecule has 0 unspecified atom stereocenters. The maximum absolute atomic E-state index is 12.4. The van der Waals surface area contributed by atoms with E-state index >= 15 is 0 Å². The second-order valence-corrected chi connectivity index (χ2v) is 7.50. The molecule has 3 aromatic rings. The van der Waals surface area contributed by atoms with Crippen molar-refractivity contribution in [1.82, 2.24) is 9.97 Å². The first-order valence-corrected chi connectivity index (χ1v) is 9.26. The lowest BCUT2D eigenvalue weighted by Crippen LogP contribution is -2.19. The topological polar surface area (TPSA) is 64.1 Å². The average molecular weight is 401 g/mol. The molecule has 0 saturated carbocycles. The van der Waals surface area contributed by atoms with Crippen molar-refractivity contribution < 1.29 is 22.7 Å². The number of fused-ring (bicyclic) bond motifs is 1. The first-order valence-electron chi connectivity index (χ1n) is 7.63. The zero-order valence-electron chi connectivity index (χ0n) is 13.8. The third kappa shape index (κ3) is 4.31. The van der Waals surface area contributed by atoms with Crippen molar-refractivity contribution in [2.24, 2.45) is 0 Å². The molecule has 1 N–H and O–H groups in total. The number of nitrogens with zero attached hydrogens (tertiary/aromatic N) is 2. The Kier molecular flexibility index (Phi) is 5.15. The van der Waals surface area contributed by atoms with Crippen LogP contribution in [0.1, 0.15) is 27.3 Å². The Morgan fingerprint density at radius 1 is 1.27 bits per heavy atom. The molecule has 2 heterocycles. The van der Waals surface area contributed by atoms with E-state index in [9.17, 15) is 18.0 Å². The summed E-state index contributed by atoms with van der Waals surface area (Å²) in [5.41, 5.74) is 1.23. The van der Waals surface area contributed by atoms with E-state index in [1.54, 1.807) is 13.0 Å². The fourth-order valence-electron chi connectivity index (χ4n) is 2.18. The lowest BCUT2D eigenvalue weighted by molar-refractivity contribution is -0.153. The van der Waals surface area contributed by atoms with Gasteiger partial charge in [0.25, 0.3) is 5.91 Å². The van der Waals surface area contributed by atoms with Crippen LogP contribution in [0.3, 0.4) is 0 Å². The van der Waals surface area contributed by atoms with Gasteiger partial charge in [0.1, 0.15) is 10.6 Å². The van der Waals surface area contributed by atoms with Crippen molar-refractivity contribution in [1.29, 1.82) is 0 Å². The minimum Gasteiger partial charge on any atom is -0.484 e. The van der Waals surface area contributed by atoms with E-state index in [1.165, 1.54) is 34.8 Å². The van der Waals surface area contributed by atoms with Gasteiger partial charge in [0.2, 0.25) is 0 Å². The van der Waals surface area contributed by atoms with Crippen molar-refractivity contribution >= 4 is 43.9 Å². The number of hydrogen-bond donors (Lipinski definition) is 1. The Balaban J connectivity index is 1.76. The number of benzene rings is 1. The molecule has 0 fully saturated rings. The van der Waals surface area contributed by atoms with E-state index in [1.807, 2.05) is 6.92 Å². The highest BCUT2D eigenvalue weighted by molar-refractivity contribution is 7.22. The summed E-state index contributed by atoms with van der Waals surface area (Å²) < 4.78 is 42.1. The second-order valence-electron chi connectivity index (χ2n) is 5.38.